The van der Waals surface area contributed by atoms with Crippen molar-refractivity contribution >= 4 is 0 Å². The molecule has 0 radical (unpaired) electrons. The normalized spacial score (nSPS) is 7.12. The fourth-order valence-corrected chi connectivity index (χ4v) is 0.941. The van der Waals surface area contributed by atoms with Gasteiger partial charge in [-0.05, 0) is 42.3 Å². The first-order valence-corrected chi connectivity index (χ1v) is 7.16. The van der Waals surface area contributed by atoms with Crippen LogP contribution in [0.3, 0.4) is 0 Å². The van der Waals surface area contributed by atoms with Gasteiger partial charge in [0.05, 0.1) is 0 Å². The molecule has 0 aromatic carbocycles. The fourth-order valence-electron chi connectivity index (χ4n) is 0.433. The number of hydrogen-bond donors (Lipinski definition) is 3. The molecule has 0 heterocycles. The molecule has 0 fully saturated rings. The second kappa shape index (κ2) is 45.2. The molecule has 3 N–H and O–H groups in total. The molecule has 0 atom stereocenters. The van der Waals surface area contributed by atoms with Crippen molar-refractivity contribution in [3.63, 3.8) is 0 Å². The zero-order valence-corrected chi connectivity index (χ0v) is 15.4. The number of hydrogen-bond acceptors (Lipinski definition) is 4. The van der Waals surface area contributed by atoms with Gasteiger partial charge in [0, 0.05) is 0 Å². The largest absolute Gasteiger partial charge is 0.323 e. The number of unbranched alkanes of at least 4 members (excludes halogenated alkanes) is 2. The van der Waals surface area contributed by atoms with Crippen LogP contribution in [-0.2, 0) is 20.9 Å². The van der Waals surface area contributed by atoms with Crippen molar-refractivity contribution in [2.45, 2.75) is 26.2 Å². The van der Waals surface area contributed by atoms with Gasteiger partial charge in [-0.25, -0.2) is 0 Å². The van der Waals surface area contributed by atoms with E-state index in [1.165, 1.54) is 40.2 Å². The van der Waals surface area contributed by atoms with Crippen LogP contribution in [0, 0.1) is 0 Å². The molecule has 0 aliphatic carbocycles. The fraction of sp³-hybridized carbons (Fsp3) is 1.00. The van der Waals surface area contributed by atoms with E-state index in [-0.39, 0.29) is 0 Å². The van der Waals surface area contributed by atoms with Crippen LogP contribution >= 0.6 is 0 Å². The van der Waals surface area contributed by atoms with Gasteiger partial charge in [0.15, 0.2) is 0 Å². The molecule has 0 saturated heterocycles. The topological polar surface area (TPSA) is 48.5 Å². The van der Waals surface area contributed by atoms with Crippen LogP contribution in [0.1, 0.15) is 26.2 Å². The minimum absolute atomic E-state index is 1.10. The van der Waals surface area contributed by atoms with E-state index in [2.05, 4.69) is 26.2 Å². The van der Waals surface area contributed by atoms with Crippen LogP contribution in [0.15, 0.2) is 3.34 Å². The molecule has 0 aliphatic rings. The summed E-state index contributed by atoms with van der Waals surface area (Å²) < 4.78 is 4.08. The van der Waals surface area contributed by atoms with Gasteiger partial charge in [0.1, 0.15) is 0 Å². The molecular weight excluding hydrogens is 369 g/mol. The third-order valence-corrected chi connectivity index (χ3v) is 1.58. The molecule has 16 heavy (non-hydrogen) atoms. The van der Waals surface area contributed by atoms with E-state index in [1.807, 2.05) is 42.3 Å². The first-order valence-electron chi connectivity index (χ1n) is 5.72. The Morgan fingerprint density at radius 1 is 0.812 bits per heavy atom. The Morgan fingerprint density at radius 3 is 1.31 bits per heavy atom. The zero-order chi connectivity index (χ0) is 13.7. The van der Waals surface area contributed by atoms with Gasteiger partial charge in [-0.3, -0.25) is 0 Å². The average molecular weight is 401 g/mol. The Hall–Kier alpha value is 0.420. The van der Waals surface area contributed by atoms with Crippen LogP contribution in [0.2, 0.25) is 0 Å². The SMILES string of the molecule is CCCCC[N]=[Ta].CNC.CNC.CNC. The first kappa shape index (κ1) is 25.3. The first-order chi connectivity index (χ1) is 7.66. The monoisotopic (exact) mass is 401 g/mol. The summed E-state index contributed by atoms with van der Waals surface area (Å²) in [5.74, 6) is 0. The van der Waals surface area contributed by atoms with Crippen LogP contribution in [0.4, 0.5) is 0 Å². The van der Waals surface area contributed by atoms with E-state index in [0.717, 1.165) is 6.54 Å². The molecule has 101 valence electrons. The van der Waals surface area contributed by atoms with Crippen LogP contribution in [-0.4, -0.2) is 48.8 Å². The van der Waals surface area contributed by atoms with Crippen molar-refractivity contribution < 1.29 is 20.9 Å². The van der Waals surface area contributed by atoms with Gasteiger partial charge in [-0.2, -0.15) is 0 Å². The molecule has 0 aromatic rings. The van der Waals surface area contributed by atoms with Crippen LogP contribution < -0.4 is 16.0 Å². The van der Waals surface area contributed by atoms with Gasteiger partial charge >= 0.3 is 57.0 Å². The summed E-state index contributed by atoms with van der Waals surface area (Å²) in [6.45, 7) is 3.31. The summed E-state index contributed by atoms with van der Waals surface area (Å²) in [4.78, 5) is 0. The Morgan fingerprint density at radius 2 is 1.12 bits per heavy atom. The number of rotatable bonds is 4. The summed E-state index contributed by atoms with van der Waals surface area (Å²) in [6, 6.07) is 0. The predicted octanol–water partition coefficient (Wildman–Crippen LogP) is 1.41. The van der Waals surface area contributed by atoms with E-state index in [0.29, 0.717) is 0 Å². The number of nitrogens with one attached hydrogen (secondary N) is 3. The summed E-state index contributed by atoms with van der Waals surface area (Å²) in [5, 5.41) is 8.25. The van der Waals surface area contributed by atoms with Gasteiger partial charge in [-0.15, -0.1) is 0 Å². The smallest absolute Gasteiger partial charge is 0.0167 e. The van der Waals surface area contributed by atoms with Gasteiger partial charge in [-0.1, -0.05) is 0 Å². The minimum atomic E-state index is 1.10. The predicted molar refractivity (Wildman–Crippen MR) is 71.8 cm³/mol. The van der Waals surface area contributed by atoms with Gasteiger partial charge in [0.25, 0.3) is 0 Å². The second-order valence-electron chi connectivity index (χ2n) is 3.07. The summed E-state index contributed by atoms with van der Waals surface area (Å²) >= 11 is 1.20. The third-order valence-electron chi connectivity index (χ3n) is 0.862. The van der Waals surface area contributed by atoms with E-state index >= 15 is 0 Å². The van der Waals surface area contributed by atoms with Crippen molar-refractivity contribution in [2.75, 3.05) is 48.8 Å². The van der Waals surface area contributed by atoms with E-state index in [4.69, 9.17) is 0 Å². The quantitative estimate of drug-likeness (QED) is 0.625. The molecule has 0 amide bonds. The Labute approximate surface area is 115 Å². The van der Waals surface area contributed by atoms with Crippen LogP contribution in [0.5, 0.6) is 0 Å². The molecule has 4 nitrogen and oxygen atoms in total. The van der Waals surface area contributed by atoms with Crippen molar-refractivity contribution in [2.24, 2.45) is 3.34 Å². The summed E-state index contributed by atoms with van der Waals surface area (Å²) in [5.41, 5.74) is 0. The maximum Gasteiger partial charge on any atom is -0.0167 e. The standard InChI is InChI=1S/C5H11N.3C2H7N.Ta/c1-2-3-4-5-6;3*1-3-2;/h2-5H2,1H3;3*3H,1-2H3;. The average Bonchev–Trinajstić information content (AvgIpc) is 2.22. The van der Waals surface area contributed by atoms with E-state index < -0.39 is 0 Å². The van der Waals surface area contributed by atoms with Gasteiger partial charge in [0.2, 0.25) is 0 Å². The molecule has 0 unspecified atom stereocenters. The van der Waals surface area contributed by atoms with Crippen molar-refractivity contribution in [1.82, 2.24) is 16.0 Å². The Bertz CT molecular complexity index is 77.6. The molecular formula is C11H32N4Ta. The molecule has 0 saturated carbocycles. The molecule has 0 aliphatic heterocycles. The van der Waals surface area contributed by atoms with Crippen molar-refractivity contribution in [3.05, 3.63) is 0 Å². The molecule has 0 aromatic heterocycles. The van der Waals surface area contributed by atoms with E-state index in [9.17, 15) is 0 Å². The molecule has 5 heteroatoms. The van der Waals surface area contributed by atoms with E-state index in [1.54, 1.807) is 0 Å². The maximum absolute atomic E-state index is 4.08. The van der Waals surface area contributed by atoms with Crippen LogP contribution in [0.25, 0.3) is 0 Å². The molecule has 0 rings (SSSR count). The summed E-state index contributed by atoms with van der Waals surface area (Å²) in [6.07, 6.45) is 3.96. The Kier molecular flexibility index (Phi) is 71.5. The number of nitrogens with zero attached hydrogens (tertiary/aromatic N) is 1. The Balaban J connectivity index is -0.0000000677. The molecule has 0 spiro atoms. The van der Waals surface area contributed by atoms with Gasteiger partial charge < -0.3 is 16.0 Å². The zero-order valence-electron chi connectivity index (χ0n) is 12.2. The maximum atomic E-state index is 4.08. The van der Waals surface area contributed by atoms with Crippen molar-refractivity contribution in [1.29, 1.82) is 0 Å². The van der Waals surface area contributed by atoms with Crippen molar-refractivity contribution in [3.8, 4) is 0 Å². The minimum Gasteiger partial charge on any atom is -0.323 e. The summed E-state index contributed by atoms with van der Waals surface area (Å²) in [7, 11) is 11.2. The third kappa shape index (κ3) is 133. The second-order valence-corrected chi connectivity index (χ2v) is 4.09. The molecule has 0 bridgehead atoms.